The lowest BCUT2D eigenvalue weighted by atomic mass is 10.1. The summed E-state index contributed by atoms with van der Waals surface area (Å²) in [6, 6.07) is 9.32. The number of nitrogens with two attached hydrogens (primary N) is 1. The van der Waals surface area contributed by atoms with Crippen molar-refractivity contribution >= 4 is 17.4 Å². The van der Waals surface area contributed by atoms with Gasteiger partial charge in [-0.1, -0.05) is 49.8 Å². The number of aromatic nitrogens is 2. The summed E-state index contributed by atoms with van der Waals surface area (Å²) in [6.07, 6.45) is 2.16. The highest BCUT2D eigenvalue weighted by Gasteiger charge is 2.23. The van der Waals surface area contributed by atoms with Crippen LogP contribution in [0.25, 0.3) is 0 Å². The average Bonchev–Trinajstić information content (AvgIpc) is 2.61. The van der Waals surface area contributed by atoms with E-state index in [4.69, 9.17) is 5.73 Å². The molecule has 0 radical (unpaired) electrons. The Morgan fingerprint density at radius 3 is 2.43 bits per heavy atom. The molecule has 1 amide bonds. The molecule has 0 unspecified atom stereocenters. The highest BCUT2D eigenvalue weighted by Crippen LogP contribution is 2.20. The van der Waals surface area contributed by atoms with Gasteiger partial charge in [0.1, 0.15) is 5.82 Å². The van der Waals surface area contributed by atoms with E-state index in [-0.39, 0.29) is 24.0 Å². The zero-order chi connectivity index (χ0) is 20.8. The molecule has 0 saturated heterocycles. The van der Waals surface area contributed by atoms with Crippen molar-refractivity contribution in [1.82, 2.24) is 9.55 Å². The second-order valence-corrected chi connectivity index (χ2v) is 7.46. The first-order valence-electron chi connectivity index (χ1n) is 9.33. The number of nitrogens with zero attached hydrogens (tertiary/aromatic N) is 2. The van der Waals surface area contributed by atoms with Crippen molar-refractivity contribution in [2.75, 3.05) is 17.2 Å². The van der Waals surface area contributed by atoms with E-state index in [0.717, 1.165) is 11.1 Å². The van der Waals surface area contributed by atoms with Crippen LogP contribution in [0.2, 0.25) is 0 Å². The van der Waals surface area contributed by atoms with Gasteiger partial charge in [-0.3, -0.25) is 19.1 Å². The Hall–Kier alpha value is -3.09. The molecule has 3 N–H and O–H groups in total. The highest BCUT2D eigenvalue weighted by atomic mass is 16.2. The molecular formula is C21H28N4O3. The number of aromatic amines is 1. The molecule has 150 valence electrons. The fraction of sp³-hybridized carbons (Fsp3) is 0.381. The molecule has 1 heterocycles. The standard InChI is InChI=1S/C21H28N4O3/c1-14(2)10-11-24(17(26)12-15(3)4)18-19(22)25(21(28)23-20(18)27)13-16-8-6-5-7-9-16/h5-9,12,14H,10-11,13,22H2,1-4H3,(H,23,27,28). The molecule has 0 aliphatic heterocycles. The maximum Gasteiger partial charge on any atom is 0.330 e. The SMILES string of the molecule is CC(C)=CC(=O)N(CCC(C)C)c1c(N)n(Cc2ccccc2)c(=O)[nH]c1=O. The molecule has 28 heavy (non-hydrogen) atoms. The number of hydrogen-bond donors (Lipinski definition) is 2. The minimum atomic E-state index is -0.661. The van der Waals surface area contributed by atoms with Crippen LogP contribution in [0.15, 0.2) is 51.6 Å². The van der Waals surface area contributed by atoms with Gasteiger partial charge < -0.3 is 10.6 Å². The summed E-state index contributed by atoms with van der Waals surface area (Å²) in [5, 5.41) is 0. The first-order valence-corrected chi connectivity index (χ1v) is 9.33. The Morgan fingerprint density at radius 2 is 1.86 bits per heavy atom. The summed E-state index contributed by atoms with van der Waals surface area (Å²) in [5.41, 5.74) is 6.66. The molecule has 7 nitrogen and oxygen atoms in total. The maximum atomic E-state index is 12.8. The molecule has 7 heteroatoms. The molecule has 0 saturated carbocycles. The molecular weight excluding hydrogens is 356 g/mol. The minimum absolute atomic E-state index is 0.0127. The lowest BCUT2D eigenvalue weighted by Gasteiger charge is -2.24. The largest absolute Gasteiger partial charge is 0.383 e. The predicted octanol–water partition coefficient (Wildman–Crippen LogP) is 2.51. The van der Waals surface area contributed by atoms with Crippen LogP contribution in [0.5, 0.6) is 0 Å². The Balaban J connectivity index is 2.57. The van der Waals surface area contributed by atoms with E-state index < -0.39 is 11.2 Å². The van der Waals surface area contributed by atoms with Gasteiger partial charge in [0.05, 0.1) is 6.54 Å². The van der Waals surface area contributed by atoms with E-state index in [1.807, 2.05) is 58.0 Å². The van der Waals surface area contributed by atoms with Crippen molar-refractivity contribution in [2.24, 2.45) is 5.92 Å². The number of nitrogen functional groups attached to an aromatic ring is 1. The van der Waals surface area contributed by atoms with Gasteiger partial charge in [-0.2, -0.15) is 0 Å². The van der Waals surface area contributed by atoms with Crippen LogP contribution < -0.4 is 21.9 Å². The zero-order valence-electron chi connectivity index (χ0n) is 16.9. The van der Waals surface area contributed by atoms with Crippen molar-refractivity contribution in [3.8, 4) is 0 Å². The van der Waals surface area contributed by atoms with Crippen molar-refractivity contribution in [1.29, 1.82) is 0 Å². The second-order valence-electron chi connectivity index (χ2n) is 7.46. The van der Waals surface area contributed by atoms with Gasteiger partial charge in [0.2, 0.25) is 0 Å². The smallest absolute Gasteiger partial charge is 0.330 e. The van der Waals surface area contributed by atoms with Crippen LogP contribution in [0.3, 0.4) is 0 Å². The molecule has 0 aliphatic rings. The summed E-state index contributed by atoms with van der Waals surface area (Å²) >= 11 is 0. The van der Waals surface area contributed by atoms with Crippen LogP contribution in [-0.2, 0) is 11.3 Å². The van der Waals surface area contributed by atoms with E-state index in [2.05, 4.69) is 4.98 Å². The van der Waals surface area contributed by atoms with Crippen molar-refractivity contribution < 1.29 is 4.79 Å². The van der Waals surface area contributed by atoms with E-state index in [9.17, 15) is 14.4 Å². The van der Waals surface area contributed by atoms with Crippen molar-refractivity contribution in [3.05, 3.63) is 68.4 Å². The molecule has 0 atom stereocenters. The number of allylic oxidation sites excluding steroid dienone is 1. The molecule has 0 fully saturated rings. The van der Waals surface area contributed by atoms with Crippen LogP contribution in [-0.4, -0.2) is 22.0 Å². The number of benzene rings is 1. The van der Waals surface area contributed by atoms with Crippen molar-refractivity contribution in [3.63, 3.8) is 0 Å². The van der Waals surface area contributed by atoms with Gasteiger partial charge >= 0.3 is 5.69 Å². The Kier molecular flexibility index (Phi) is 6.98. The monoisotopic (exact) mass is 384 g/mol. The number of rotatable bonds is 7. The van der Waals surface area contributed by atoms with Gasteiger partial charge in [0, 0.05) is 12.6 Å². The van der Waals surface area contributed by atoms with Crippen LogP contribution in [0.4, 0.5) is 11.5 Å². The normalized spacial score (nSPS) is 10.8. The molecule has 1 aromatic carbocycles. The summed E-state index contributed by atoms with van der Waals surface area (Å²) < 4.78 is 1.28. The third-order valence-electron chi connectivity index (χ3n) is 4.28. The highest BCUT2D eigenvalue weighted by molar-refractivity contribution is 6.03. The van der Waals surface area contributed by atoms with Crippen LogP contribution >= 0.6 is 0 Å². The quantitative estimate of drug-likeness (QED) is 0.716. The summed E-state index contributed by atoms with van der Waals surface area (Å²) in [4.78, 5) is 41.4. The number of carbonyl (C=O) groups excluding carboxylic acids is 1. The Morgan fingerprint density at radius 1 is 1.21 bits per heavy atom. The van der Waals surface area contributed by atoms with E-state index in [0.29, 0.717) is 18.9 Å². The Bertz CT molecular complexity index is 967. The summed E-state index contributed by atoms with van der Waals surface area (Å²) in [7, 11) is 0. The van der Waals surface area contributed by atoms with Gasteiger partial charge in [-0.25, -0.2) is 4.79 Å². The number of amides is 1. The van der Waals surface area contributed by atoms with Gasteiger partial charge in [-0.05, 0) is 31.7 Å². The number of H-pyrrole nitrogens is 1. The van der Waals surface area contributed by atoms with Gasteiger partial charge in [0.25, 0.3) is 11.5 Å². The van der Waals surface area contributed by atoms with E-state index in [1.54, 1.807) is 0 Å². The lowest BCUT2D eigenvalue weighted by Crippen LogP contribution is -2.41. The maximum absolute atomic E-state index is 12.8. The molecule has 0 spiro atoms. The lowest BCUT2D eigenvalue weighted by molar-refractivity contribution is -0.114. The fourth-order valence-electron chi connectivity index (χ4n) is 2.81. The second kappa shape index (κ2) is 9.21. The average molecular weight is 384 g/mol. The molecule has 1 aromatic heterocycles. The van der Waals surface area contributed by atoms with E-state index in [1.165, 1.54) is 15.5 Å². The Labute approximate surface area is 164 Å². The van der Waals surface area contributed by atoms with Crippen LogP contribution in [0, 0.1) is 5.92 Å². The minimum Gasteiger partial charge on any atom is -0.383 e. The third-order valence-corrected chi connectivity index (χ3v) is 4.28. The van der Waals surface area contributed by atoms with Gasteiger partial charge in [0.15, 0.2) is 5.69 Å². The molecule has 0 aliphatic carbocycles. The molecule has 2 aromatic rings. The number of nitrogens with one attached hydrogen (secondary N) is 1. The topological polar surface area (TPSA) is 101 Å². The van der Waals surface area contributed by atoms with Crippen LogP contribution in [0.1, 0.15) is 39.7 Å². The summed E-state index contributed by atoms with van der Waals surface area (Å²) in [6.45, 7) is 8.22. The number of anilines is 2. The van der Waals surface area contributed by atoms with Gasteiger partial charge in [-0.15, -0.1) is 0 Å². The first-order chi connectivity index (χ1) is 13.2. The zero-order valence-corrected chi connectivity index (χ0v) is 16.9. The van der Waals surface area contributed by atoms with Crippen molar-refractivity contribution in [2.45, 2.75) is 40.7 Å². The van der Waals surface area contributed by atoms with E-state index >= 15 is 0 Å². The molecule has 2 rings (SSSR count). The fourth-order valence-corrected chi connectivity index (χ4v) is 2.81. The molecule has 0 bridgehead atoms. The number of carbonyl (C=O) groups is 1. The summed E-state index contributed by atoms with van der Waals surface area (Å²) in [5.74, 6) is -0.0165. The number of hydrogen-bond acceptors (Lipinski definition) is 4. The predicted molar refractivity (Wildman–Crippen MR) is 113 cm³/mol. The first kappa shape index (κ1) is 21.2. The third kappa shape index (κ3) is 5.22.